The molecule has 0 saturated carbocycles. The van der Waals surface area contributed by atoms with E-state index < -0.39 is 21.8 Å². The number of anilines is 3. The van der Waals surface area contributed by atoms with Gasteiger partial charge in [-0.3, -0.25) is 0 Å². The molecule has 1 aliphatic rings. The monoisotopic (exact) mass is 482 g/mol. The van der Waals surface area contributed by atoms with Gasteiger partial charge in [-0.2, -0.15) is 4.98 Å². The number of aliphatic hydroxyl groups is 1. The standard InChI is InChI=1S/C24H26N4O5S/c1-2-33-23(30)19-14-25-24(28-22(19)27-20(15-29)16-7-4-3-5-8-16)26-18-10-11-21-17(13-18)9-6-12-34(21,31)32/h3-5,7-8,10-11,13-14,20,29H,2,6,9,12,15H2,1H3,(H2,25,26,27,28)/t20-/m1/s1. The van der Waals surface area contributed by atoms with Crippen molar-refractivity contribution < 1.29 is 23.1 Å². The Hall–Kier alpha value is -3.50. The minimum Gasteiger partial charge on any atom is -0.462 e. The zero-order valence-corrected chi connectivity index (χ0v) is 19.5. The molecule has 34 heavy (non-hydrogen) atoms. The third-order valence-electron chi connectivity index (χ3n) is 5.49. The molecule has 0 aliphatic carbocycles. The second-order valence-corrected chi connectivity index (χ2v) is 9.91. The lowest BCUT2D eigenvalue weighted by molar-refractivity contribution is 0.0526. The molecule has 10 heteroatoms. The Morgan fingerprint density at radius 1 is 1.21 bits per heavy atom. The van der Waals surface area contributed by atoms with Crippen molar-refractivity contribution in [1.29, 1.82) is 0 Å². The van der Waals surface area contributed by atoms with Crippen LogP contribution in [0.3, 0.4) is 0 Å². The summed E-state index contributed by atoms with van der Waals surface area (Å²) in [6, 6.07) is 13.8. The summed E-state index contributed by atoms with van der Waals surface area (Å²) in [5, 5.41) is 16.1. The van der Waals surface area contributed by atoms with Crippen LogP contribution in [0.2, 0.25) is 0 Å². The van der Waals surface area contributed by atoms with Crippen LogP contribution in [0, 0.1) is 0 Å². The summed E-state index contributed by atoms with van der Waals surface area (Å²) >= 11 is 0. The number of rotatable bonds is 8. The fraction of sp³-hybridized carbons (Fsp3) is 0.292. The van der Waals surface area contributed by atoms with Crippen LogP contribution < -0.4 is 10.6 Å². The number of hydrogen-bond acceptors (Lipinski definition) is 9. The van der Waals surface area contributed by atoms with Gasteiger partial charge in [0.25, 0.3) is 0 Å². The summed E-state index contributed by atoms with van der Waals surface area (Å²) in [5.41, 5.74) is 2.34. The quantitative estimate of drug-likeness (QED) is 0.414. The number of nitrogens with zero attached hydrogens (tertiary/aromatic N) is 2. The number of ether oxygens (including phenoxy) is 1. The van der Waals surface area contributed by atoms with Crippen LogP contribution in [0.4, 0.5) is 17.5 Å². The molecule has 1 aliphatic heterocycles. The first kappa shape index (κ1) is 23.7. The molecule has 0 fully saturated rings. The smallest absolute Gasteiger partial charge is 0.343 e. The molecule has 3 N–H and O–H groups in total. The van der Waals surface area contributed by atoms with Gasteiger partial charge >= 0.3 is 5.97 Å². The minimum atomic E-state index is -3.25. The molecule has 4 rings (SSSR count). The molecule has 0 unspecified atom stereocenters. The number of carbonyl (C=O) groups is 1. The summed E-state index contributed by atoms with van der Waals surface area (Å²) in [6.07, 6.45) is 2.62. The highest BCUT2D eigenvalue weighted by Gasteiger charge is 2.24. The Kier molecular flexibility index (Phi) is 7.09. The zero-order valence-electron chi connectivity index (χ0n) is 18.7. The van der Waals surface area contributed by atoms with E-state index in [2.05, 4.69) is 20.6 Å². The molecule has 0 bridgehead atoms. The summed E-state index contributed by atoms with van der Waals surface area (Å²) in [6.45, 7) is 1.68. The van der Waals surface area contributed by atoms with Gasteiger partial charge in [-0.15, -0.1) is 0 Å². The highest BCUT2D eigenvalue weighted by molar-refractivity contribution is 7.91. The second kappa shape index (κ2) is 10.2. The SMILES string of the molecule is CCOC(=O)c1cnc(Nc2ccc3c(c2)CCCS3(=O)=O)nc1N[C@H](CO)c1ccccc1. The van der Waals surface area contributed by atoms with E-state index in [1.165, 1.54) is 6.20 Å². The summed E-state index contributed by atoms with van der Waals surface area (Å²) < 4.78 is 29.7. The fourth-order valence-corrected chi connectivity index (χ4v) is 5.42. The lowest BCUT2D eigenvalue weighted by Crippen LogP contribution is -2.19. The van der Waals surface area contributed by atoms with Gasteiger partial charge in [-0.1, -0.05) is 30.3 Å². The number of carbonyl (C=O) groups excluding carboxylic acids is 1. The molecule has 1 atom stereocenters. The molecule has 0 amide bonds. The number of nitrogens with one attached hydrogen (secondary N) is 2. The number of fused-ring (bicyclic) bond motifs is 1. The molecule has 0 spiro atoms. The maximum absolute atomic E-state index is 12.5. The van der Waals surface area contributed by atoms with Crippen molar-refractivity contribution in [1.82, 2.24) is 9.97 Å². The zero-order chi connectivity index (χ0) is 24.1. The first-order valence-electron chi connectivity index (χ1n) is 11.0. The van der Waals surface area contributed by atoms with Crippen molar-refractivity contribution >= 4 is 33.3 Å². The van der Waals surface area contributed by atoms with Crippen LogP contribution in [-0.2, 0) is 21.0 Å². The average molecular weight is 483 g/mol. The summed E-state index contributed by atoms with van der Waals surface area (Å²) in [4.78, 5) is 21.5. The third kappa shape index (κ3) is 5.18. The van der Waals surface area contributed by atoms with Crippen LogP contribution in [-0.4, -0.2) is 48.4 Å². The van der Waals surface area contributed by atoms with Gasteiger partial charge in [0.15, 0.2) is 9.84 Å². The van der Waals surface area contributed by atoms with Crippen molar-refractivity contribution in [2.24, 2.45) is 0 Å². The number of benzene rings is 2. The van der Waals surface area contributed by atoms with Crippen LogP contribution in [0.1, 0.15) is 40.9 Å². The molecular formula is C24H26N4O5S. The van der Waals surface area contributed by atoms with Gasteiger partial charge < -0.3 is 20.5 Å². The highest BCUT2D eigenvalue weighted by Crippen LogP contribution is 2.29. The number of aromatic nitrogens is 2. The topological polar surface area (TPSA) is 131 Å². The van der Waals surface area contributed by atoms with Crippen molar-refractivity contribution in [2.45, 2.75) is 30.7 Å². The molecular weight excluding hydrogens is 456 g/mol. The number of esters is 1. The number of aliphatic hydroxyl groups excluding tert-OH is 1. The molecule has 1 aromatic heterocycles. The normalized spacial score (nSPS) is 15.1. The number of aryl methyl sites for hydroxylation is 1. The van der Waals surface area contributed by atoms with Crippen molar-refractivity contribution in [3.8, 4) is 0 Å². The maximum atomic E-state index is 12.5. The van der Waals surface area contributed by atoms with E-state index in [1.807, 2.05) is 30.3 Å². The fourth-order valence-electron chi connectivity index (χ4n) is 3.84. The van der Waals surface area contributed by atoms with Gasteiger partial charge in [0.1, 0.15) is 11.4 Å². The maximum Gasteiger partial charge on any atom is 0.343 e. The lowest BCUT2D eigenvalue weighted by atomic mass is 10.1. The highest BCUT2D eigenvalue weighted by atomic mass is 32.2. The molecule has 2 heterocycles. The third-order valence-corrected chi connectivity index (χ3v) is 7.38. The van der Waals surface area contributed by atoms with Gasteiger partial charge in [-0.05, 0) is 49.1 Å². The Morgan fingerprint density at radius 2 is 2.00 bits per heavy atom. The Bertz CT molecular complexity index is 1280. The van der Waals surface area contributed by atoms with E-state index in [0.29, 0.717) is 23.4 Å². The van der Waals surface area contributed by atoms with Gasteiger partial charge in [0, 0.05) is 11.9 Å². The van der Waals surface area contributed by atoms with E-state index in [-0.39, 0.29) is 36.3 Å². The summed E-state index contributed by atoms with van der Waals surface area (Å²) in [5.74, 6) is -0.00757. The molecule has 3 aromatic rings. The lowest BCUT2D eigenvalue weighted by Gasteiger charge is -2.20. The van der Waals surface area contributed by atoms with E-state index in [1.54, 1.807) is 25.1 Å². The molecule has 178 valence electrons. The predicted molar refractivity (Wildman–Crippen MR) is 128 cm³/mol. The average Bonchev–Trinajstić information content (AvgIpc) is 2.83. The summed E-state index contributed by atoms with van der Waals surface area (Å²) in [7, 11) is -3.25. The van der Waals surface area contributed by atoms with Crippen molar-refractivity contribution in [3.63, 3.8) is 0 Å². The van der Waals surface area contributed by atoms with Crippen LogP contribution in [0.5, 0.6) is 0 Å². The Morgan fingerprint density at radius 3 is 2.74 bits per heavy atom. The van der Waals surface area contributed by atoms with Crippen LogP contribution in [0.15, 0.2) is 59.6 Å². The Labute approximate surface area is 198 Å². The molecule has 2 aromatic carbocycles. The van der Waals surface area contributed by atoms with Gasteiger partial charge in [0.05, 0.1) is 29.9 Å². The molecule has 9 nitrogen and oxygen atoms in total. The van der Waals surface area contributed by atoms with E-state index in [0.717, 1.165) is 11.1 Å². The number of sulfone groups is 1. The first-order valence-corrected chi connectivity index (χ1v) is 12.7. The first-order chi connectivity index (χ1) is 16.4. The number of hydrogen-bond donors (Lipinski definition) is 3. The largest absolute Gasteiger partial charge is 0.462 e. The van der Waals surface area contributed by atoms with Crippen LogP contribution in [0.25, 0.3) is 0 Å². The minimum absolute atomic E-state index is 0.137. The van der Waals surface area contributed by atoms with Gasteiger partial charge in [-0.25, -0.2) is 18.2 Å². The van der Waals surface area contributed by atoms with Crippen molar-refractivity contribution in [2.75, 3.05) is 29.6 Å². The van der Waals surface area contributed by atoms with Crippen LogP contribution >= 0.6 is 0 Å². The van der Waals surface area contributed by atoms with Gasteiger partial charge in [0.2, 0.25) is 5.95 Å². The van der Waals surface area contributed by atoms with Crippen molar-refractivity contribution in [3.05, 3.63) is 71.4 Å². The van der Waals surface area contributed by atoms with E-state index >= 15 is 0 Å². The van der Waals surface area contributed by atoms with E-state index in [9.17, 15) is 18.3 Å². The predicted octanol–water partition coefficient (Wildman–Crippen LogP) is 3.26. The molecule has 0 radical (unpaired) electrons. The molecule has 0 saturated heterocycles. The van der Waals surface area contributed by atoms with E-state index in [4.69, 9.17) is 4.74 Å². The Balaban J connectivity index is 1.65. The second-order valence-electron chi connectivity index (χ2n) is 7.84.